The molecule has 1 amide bonds. The standard InChI is InChI=1S/C17H25BrN2O3S/c1-17(2,3)23-16(21)20-13-6-10-15(11-7-13)24(19,22)14-8-4-12(18)5-9-14/h4-5,8-9,13,15,19H,6-7,10-11H2,1-3H3,(H,20,21)/t13-,15-,24?. The third kappa shape index (κ3) is 5.21. The Morgan fingerprint density at radius 1 is 1.21 bits per heavy atom. The highest BCUT2D eigenvalue weighted by atomic mass is 79.9. The Hall–Kier alpha value is -1.08. The van der Waals surface area contributed by atoms with Gasteiger partial charge in [-0.25, -0.2) is 13.8 Å². The first-order chi connectivity index (χ1) is 11.1. The first-order valence-electron chi connectivity index (χ1n) is 8.11. The van der Waals surface area contributed by atoms with Gasteiger partial charge < -0.3 is 10.1 Å². The van der Waals surface area contributed by atoms with E-state index in [9.17, 15) is 9.00 Å². The van der Waals surface area contributed by atoms with Gasteiger partial charge in [0.2, 0.25) is 0 Å². The van der Waals surface area contributed by atoms with Crippen molar-refractivity contribution in [3.63, 3.8) is 0 Å². The number of carbonyl (C=O) groups is 1. The molecule has 1 aromatic carbocycles. The molecule has 1 aromatic rings. The number of hydrogen-bond donors (Lipinski definition) is 2. The smallest absolute Gasteiger partial charge is 0.407 e. The summed E-state index contributed by atoms with van der Waals surface area (Å²) in [7, 11) is -2.82. The van der Waals surface area contributed by atoms with E-state index in [0.29, 0.717) is 17.7 Å². The van der Waals surface area contributed by atoms with Crippen molar-refractivity contribution in [3.8, 4) is 0 Å². The van der Waals surface area contributed by atoms with Gasteiger partial charge in [-0.2, -0.15) is 0 Å². The van der Waals surface area contributed by atoms with E-state index in [4.69, 9.17) is 9.52 Å². The molecule has 0 heterocycles. The summed E-state index contributed by atoms with van der Waals surface area (Å²) >= 11 is 3.35. The lowest BCUT2D eigenvalue weighted by Gasteiger charge is -2.31. The van der Waals surface area contributed by atoms with Crippen LogP contribution in [0, 0.1) is 4.78 Å². The maximum Gasteiger partial charge on any atom is 0.407 e. The molecular weight excluding hydrogens is 392 g/mol. The number of amides is 1. The lowest BCUT2D eigenvalue weighted by molar-refractivity contribution is 0.0493. The van der Waals surface area contributed by atoms with Crippen molar-refractivity contribution in [1.29, 1.82) is 4.78 Å². The van der Waals surface area contributed by atoms with E-state index in [1.165, 1.54) is 0 Å². The molecule has 5 nitrogen and oxygen atoms in total. The third-order valence-electron chi connectivity index (χ3n) is 4.03. The van der Waals surface area contributed by atoms with Gasteiger partial charge in [-0.15, -0.1) is 0 Å². The van der Waals surface area contributed by atoms with E-state index >= 15 is 0 Å². The van der Waals surface area contributed by atoms with Crippen LogP contribution in [-0.2, 0) is 14.5 Å². The predicted octanol–water partition coefficient (Wildman–Crippen LogP) is 4.69. The van der Waals surface area contributed by atoms with E-state index in [0.717, 1.165) is 17.3 Å². The van der Waals surface area contributed by atoms with Crippen LogP contribution in [0.5, 0.6) is 0 Å². The van der Waals surface area contributed by atoms with E-state index in [1.54, 1.807) is 12.1 Å². The molecule has 0 aliphatic heterocycles. The molecule has 1 fully saturated rings. The maximum atomic E-state index is 12.9. The Kier molecular flexibility index (Phi) is 5.96. The summed E-state index contributed by atoms with van der Waals surface area (Å²) < 4.78 is 27.4. The number of alkyl carbamates (subject to hydrolysis) is 1. The van der Waals surface area contributed by atoms with E-state index in [-0.39, 0.29) is 11.3 Å². The van der Waals surface area contributed by atoms with Crippen LogP contribution in [0.2, 0.25) is 0 Å². The number of carbonyl (C=O) groups excluding carboxylic acids is 1. The molecule has 0 saturated heterocycles. The highest BCUT2D eigenvalue weighted by Crippen LogP contribution is 2.30. The molecule has 0 spiro atoms. The predicted molar refractivity (Wildman–Crippen MR) is 98.7 cm³/mol. The van der Waals surface area contributed by atoms with Crippen LogP contribution >= 0.6 is 15.9 Å². The van der Waals surface area contributed by atoms with Gasteiger partial charge in [0.25, 0.3) is 0 Å². The summed E-state index contributed by atoms with van der Waals surface area (Å²) in [6.07, 6.45) is 2.36. The summed E-state index contributed by atoms with van der Waals surface area (Å²) in [6.45, 7) is 5.49. The van der Waals surface area contributed by atoms with E-state index < -0.39 is 21.4 Å². The molecule has 2 rings (SSSR count). The summed E-state index contributed by atoms with van der Waals surface area (Å²) in [6, 6.07) is 7.17. The second-order valence-electron chi connectivity index (χ2n) is 7.17. The van der Waals surface area contributed by atoms with Crippen molar-refractivity contribution < 1.29 is 13.7 Å². The normalized spacial score (nSPS) is 24.0. The fourth-order valence-electron chi connectivity index (χ4n) is 2.84. The molecular formula is C17H25BrN2O3S. The summed E-state index contributed by atoms with van der Waals surface area (Å²) in [4.78, 5) is 12.4. The molecule has 1 saturated carbocycles. The van der Waals surface area contributed by atoms with Crippen molar-refractivity contribution >= 4 is 31.8 Å². The first-order valence-corrected chi connectivity index (χ1v) is 10.5. The molecule has 1 aliphatic carbocycles. The van der Waals surface area contributed by atoms with Crippen molar-refractivity contribution in [1.82, 2.24) is 5.32 Å². The zero-order chi connectivity index (χ0) is 18.0. The minimum Gasteiger partial charge on any atom is -0.444 e. The Labute approximate surface area is 152 Å². The topological polar surface area (TPSA) is 79.2 Å². The van der Waals surface area contributed by atoms with Crippen LogP contribution in [-0.4, -0.2) is 27.2 Å². The fraction of sp³-hybridized carbons (Fsp3) is 0.588. The van der Waals surface area contributed by atoms with Crippen LogP contribution in [0.1, 0.15) is 46.5 Å². The Morgan fingerprint density at radius 3 is 2.25 bits per heavy atom. The fourth-order valence-corrected chi connectivity index (χ4v) is 4.97. The SMILES string of the molecule is CC(C)(C)OC(=O)N[C@H]1CC[C@H](S(=N)(=O)c2ccc(Br)cc2)CC1. The van der Waals surface area contributed by atoms with Crippen LogP contribution < -0.4 is 5.32 Å². The second-order valence-corrected chi connectivity index (χ2v) is 10.4. The van der Waals surface area contributed by atoms with Crippen molar-refractivity contribution in [2.75, 3.05) is 0 Å². The summed E-state index contributed by atoms with van der Waals surface area (Å²) in [5.41, 5.74) is -0.516. The first kappa shape index (κ1) is 19.2. The number of rotatable bonds is 3. The number of benzene rings is 1. The van der Waals surface area contributed by atoms with Gasteiger partial charge in [0.15, 0.2) is 0 Å². The highest BCUT2D eigenvalue weighted by Gasteiger charge is 2.30. The number of halogens is 1. The highest BCUT2D eigenvalue weighted by molar-refractivity contribution is 9.10. The van der Waals surface area contributed by atoms with Crippen molar-refractivity contribution in [3.05, 3.63) is 28.7 Å². The van der Waals surface area contributed by atoms with Gasteiger partial charge in [-0.1, -0.05) is 15.9 Å². The second kappa shape index (κ2) is 7.44. The van der Waals surface area contributed by atoms with Crippen LogP contribution in [0.4, 0.5) is 4.79 Å². The van der Waals surface area contributed by atoms with Gasteiger partial charge >= 0.3 is 6.09 Å². The number of hydrogen-bond acceptors (Lipinski definition) is 4. The van der Waals surface area contributed by atoms with Gasteiger partial charge in [0.05, 0.1) is 9.73 Å². The van der Waals surface area contributed by atoms with Crippen molar-refractivity contribution in [2.24, 2.45) is 0 Å². The number of ether oxygens (including phenoxy) is 1. The minimum atomic E-state index is -2.82. The quantitative estimate of drug-likeness (QED) is 0.749. The molecule has 134 valence electrons. The lowest BCUT2D eigenvalue weighted by Crippen LogP contribution is -2.42. The van der Waals surface area contributed by atoms with Gasteiger partial charge in [0, 0.05) is 20.7 Å². The molecule has 1 atom stereocenters. The Morgan fingerprint density at radius 2 is 1.75 bits per heavy atom. The molecule has 0 radical (unpaired) electrons. The molecule has 24 heavy (non-hydrogen) atoms. The van der Waals surface area contributed by atoms with Crippen LogP contribution in [0.25, 0.3) is 0 Å². The molecule has 0 aromatic heterocycles. The van der Waals surface area contributed by atoms with Gasteiger partial charge in [-0.05, 0) is 70.7 Å². The molecule has 1 unspecified atom stereocenters. The van der Waals surface area contributed by atoms with Gasteiger partial charge in [0.1, 0.15) is 5.60 Å². The monoisotopic (exact) mass is 416 g/mol. The molecule has 1 aliphatic rings. The summed E-state index contributed by atoms with van der Waals surface area (Å²) in [5, 5.41) is 2.70. The summed E-state index contributed by atoms with van der Waals surface area (Å²) in [5.74, 6) is 0. The molecule has 2 N–H and O–H groups in total. The number of nitrogens with one attached hydrogen (secondary N) is 2. The third-order valence-corrected chi connectivity index (χ3v) is 6.94. The Balaban J connectivity index is 1.92. The zero-order valence-corrected chi connectivity index (χ0v) is 16.7. The Bertz CT molecular complexity index is 673. The van der Waals surface area contributed by atoms with E-state index in [1.807, 2.05) is 32.9 Å². The average Bonchev–Trinajstić information content (AvgIpc) is 2.46. The van der Waals surface area contributed by atoms with E-state index in [2.05, 4.69) is 21.2 Å². The van der Waals surface area contributed by atoms with Crippen molar-refractivity contribution in [2.45, 2.75) is 68.2 Å². The average molecular weight is 417 g/mol. The zero-order valence-electron chi connectivity index (χ0n) is 14.3. The largest absolute Gasteiger partial charge is 0.444 e. The minimum absolute atomic E-state index is 0.0243. The van der Waals surface area contributed by atoms with Crippen LogP contribution in [0.3, 0.4) is 0 Å². The lowest BCUT2D eigenvalue weighted by atomic mass is 9.95. The molecule has 0 bridgehead atoms. The maximum absolute atomic E-state index is 12.9. The van der Waals surface area contributed by atoms with Crippen LogP contribution in [0.15, 0.2) is 33.6 Å². The molecule has 7 heteroatoms. The van der Waals surface area contributed by atoms with Gasteiger partial charge in [-0.3, -0.25) is 0 Å².